The summed E-state index contributed by atoms with van der Waals surface area (Å²) in [7, 11) is 1.23. The van der Waals surface area contributed by atoms with Gasteiger partial charge < -0.3 is 9.42 Å². The van der Waals surface area contributed by atoms with E-state index in [1.165, 1.54) is 25.2 Å². The number of rotatable bonds is 6. The third-order valence-electron chi connectivity index (χ3n) is 2.03. The quantitative estimate of drug-likeness (QED) is 0.403. The van der Waals surface area contributed by atoms with Gasteiger partial charge >= 0.3 is 19.1 Å². The van der Waals surface area contributed by atoms with Crippen molar-refractivity contribution in [3.63, 3.8) is 0 Å². The van der Waals surface area contributed by atoms with Crippen molar-refractivity contribution in [2.75, 3.05) is 7.05 Å². The summed E-state index contributed by atoms with van der Waals surface area (Å²) < 4.78 is 28.4. The Morgan fingerprint density at radius 1 is 1.50 bits per heavy atom. The maximum atomic E-state index is 12.2. The molecule has 0 amide bonds. The molecule has 9 nitrogen and oxygen atoms in total. The van der Waals surface area contributed by atoms with E-state index in [-0.39, 0.29) is 16.8 Å². The molecule has 1 rings (SSSR count). The van der Waals surface area contributed by atoms with Gasteiger partial charge in [0, 0.05) is 6.07 Å². The SMILES string of the molecule is CNP(=O)(Oc1ccc(C)cc1[N+](=O)[O-])SP(N)(=O)O. The smallest absolute Gasteiger partial charge is 0.384 e. The summed E-state index contributed by atoms with van der Waals surface area (Å²) in [6.45, 7) is -6.45. The van der Waals surface area contributed by atoms with Crippen LogP contribution in [0.15, 0.2) is 18.2 Å². The molecule has 0 saturated heterocycles. The number of hydrogen-bond acceptors (Lipinski definition) is 6. The summed E-state index contributed by atoms with van der Waals surface area (Å²) in [4.78, 5) is 19.3. The van der Waals surface area contributed by atoms with Crippen molar-refractivity contribution in [2.24, 2.45) is 5.50 Å². The Balaban J connectivity index is 3.16. The lowest BCUT2D eigenvalue weighted by atomic mass is 10.2. The molecule has 2 atom stereocenters. The Labute approximate surface area is 118 Å². The predicted octanol–water partition coefficient (Wildman–Crippen LogP) is 2.40. The fourth-order valence-corrected chi connectivity index (χ4v) is 7.48. The fraction of sp³-hybridized carbons (Fsp3) is 0.250. The summed E-state index contributed by atoms with van der Waals surface area (Å²) in [5.41, 5.74) is 5.14. The van der Waals surface area contributed by atoms with Gasteiger partial charge in [0.25, 0.3) is 0 Å². The van der Waals surface area contributed by atoms with Gasteiger partial charge in [-0.05, 0) is 25.6 Å². The largest absolute Gasteiger partial charge is 0.418 e. The van der Waals surface area contributed by atoms with Crippen molar-refractivity contribution >= 4 is 30.1 Å². The van der Waals surface area contributed by atoms with Crippen molar-refractivity contribution in [1.29, 1.82) is 0 Å². The Morgan fingerprint density at radius 3 is 2.55 bits per heavy atom. The first-order valence-electron chi connectivity index (χ1n) is 5.13. The summed E-state index contributed by atoms with van der Waals surface area (Å²) >= 11 is 0.0121. The van der Waals surface area contributed by atoms with Crippen molar-refractivity contribution in [3.8, 4) is 5.75 Å². The van der Waals surface area contributed by atoms with E-state index in [1.807, 2.05) is 0 Å². The first-order chi connectivity index (χ1) is 9.06. The lowest BCUT2D eigenvalue weighted by Crippen LogP contribution is -2.08. The molecule has 112 valence electrons. The molecule has 0 bridgehead atoms. The average Bonchev–Trinajstić information content (AvgIpc) is 2.29. The van der Waals surface area contributed by atoms with Crippen LogP contribution >= 0.6 is 24.4 Å². The average molecular weight is 341 g/mol. The monoisotopic (exact) mass is 341 g/mol. The third-order valence-corrected chi connectivity index (χ3v) is 9.62. The van der Waals surface area contributed by atoms with Gasteiger partial charge in [-0.25, -0.2) is 9.65 Å². The molecule has 0 fully saturated rings. The number of nitrogens with two attached hydrogens (primary N) is 1. The maximum absolute atomic E-state index is 12.2. The van der Waals surface area contributed by atoms with Crippen LogP contribution in [0, 0.1) is 17.0 Å². The van der Waals surface area contributed by atoms with Crippen molar-refractivity contribution in [2.45, 2.75) is 6.92 Å². The van der Waals surface area contributed by atoms with Gasteiger partial charge in [0.05, 0.1) is 15.9 Å². The molecule has 0 spiro atoms. The molecular weight excluding hydrogens is 328 g/mol. The van der Waals surface area contributed by atoms with Gasteiger partial charge in [-0.1, -0.05) is 6.07 Å². The van der Waals surface area contributed by atoms with Gasteiger partial charge in [0.15, 0.2) is 0 Å². The highest BCUT2D eigenvalue weighted by atomic mass is 33.1. The number of nitro groups is 1. The molecule has 20 heavy (non-hydrogen) atoms. The zero-order valence-electron chi connectivity index (χ0n) is 10.5. The summed E-state index contributed by atoms with van der Waals surface area (Å²) in [6, 6.07) is 4.02. The number of aryl methyl sites for hydroxylation is 1. The van der Waals surface area contributed by atoms with Crippen LogP contribution in [0.2, 0.25) is 0 Å². The summed E-state index contributed by atoms with van der Waals surface area (Å²) in [5, 5.41) is 13.1. The van der Waals surface area contributed by atoms with Gasteiger partial charge in [-0.3, -0.25) is 20.2 Å². The van der Waals surface area contributed by atoms with Gasteiger partial charge in [0.2, 0.25) is 5.75 Å². The van der Waals surface area contributed by atoms with Crippen molar-refractivity contribution in [3.05, 3.63) is 33.9 Å². The summed E-state index contributed by atoms with van der Waals surface area (Å²) in [5.74, 6) is -0.278. The van der Waals surface area contributed by atoms with E-state index in [1.54, 1.807) is 6.92 Å². The lowest BCUT2D eigenvalue weighted by Gasteiger charge is -2.18. The molecule has 0 heterocycles. The second-order valence-corrected chi connectivity index (χ2v) is 11.6. The molecule has 1 aromatic carbocycles. The van der Waals surface area contributed by atoms with Gasteiger partial charge in [-0.2, -0.15) is 0 Å². The van der Waals surface area contributed by atoms with Crippen LogP contribution in [-0.2, 0) is 9.13 Å². The van der Waals surface area contributed by atoms with Crippen LogP contribution in [0.5, 0.6) is 5.75 Å². The van der Waals surface area contributed by atoms with Crippen LogP contribution in [0.1, 0.15) is 5.56 Å². The number of benzene rings is 1. The van der Waals surface area contributed by atoms with E-state index in [0.29, 0.717) is 5.56 Å². The fourth-order valence-electron chi connectivity index (χ4n) is 1.23. The molecular formula is C8H13N3O6P2S. The predicted molar refractivity (Wildman–Crippen MR) is 76.7 cm³/mol. The van der Waals surface area contributed by atoms with Crippen LogP contribution < -0.4 is 15.1 Å². The first kappa shape index (κ1) is 17.2. The van der Waals surface area contributed by atoms with E-state index in [4.69, 9.17) is 14.9 Å². The maximum Gasteiger partial charge on any atom is 0.384 e. The zero-order valence-corrected chi connectivity index (χ0v) is 13.2. The highest BCUT2D eigenvalue weighted by Gasteiger charge is 2.35. The van der Waals surface area contributed by atoms with Crippen LogP contribution in [-0.4, -0.2) is 16.9 Å². The minimum atomic E-state index is -4.19. The van der Waals surface area contributed by atoms with Crippen LogP contribution in [0.3, 0.4) is 0 Å². The molecule has 12 heteroatoms. The Bertz CT molecular complexity index is 618. The van der Waals surface area contributed by atoms with Crippen LogP contribution in [0.4, 0.5) is 5.69 Å². The molecule has 0 radical (unpaired) electrons. The number of nitrogens with one attached hydrogen (secondary N) is 1. The Kier molecular flexibility index (Phi) is 5.37. The molecule has 2 unspecified atom stereocenters. The van der Waals surface area contributed by atoms with E-state index in [9.17, 15) is 19.2 Å². The second-order valence-electron chi connectivity index (χ2n) is 3.69. The van der Waals surface area contributed by atoms with E-state index >= 15 is 0 Å². The topological polar surface area (TPSA) is 145 Å². The minimum Gasteiger partial charge on any atom is -0.418 e. The first-order valence-corrected chi connectivity index (χ1v) is 10.5. The number of nitrogens with zero attached hydrogens (tertiary/aromatic N) is 1. The number of nitro benzene ring substituents is 1. The summed E-state index contributed by atoms with van der Waals surface area (Å²) in [6.07, 6.45) is 0. The van der Waals surface area contributed by atoms with Gasteiger partial charge in [-0.15, -0.1) is 0 Å². The molecule has 0 aromatic heterocycles. The molecule has 0 aliphatic carbocycles. The highest BCUT2D eigenvalue weighted by molar-refractivity contribution is 8.85. The van der Waals surface area contributed by atoms with E-state index < -0.39 is 24.1 Å². The van der Waals surface area contributed by atoms with Crippen molar-refractivity contribution in [1.82, 2.24) is 5.09 Å². The third kappa shape index (κ3) is 4.90. The highest BCUT2D eigenvalue weighted by Crippen LogP contribution is 2.70. The van der Waals surface area contributed by atoms with Crippen molar-refractivity contribution < 1.29 is 23.5 Å². The zero-order chi connectivity index (χ0) is 15.6. The van der Waals surface area contributed by atoms with Crippen LogP contribution in [0.25, 0.3) is 0 Å². The van der Waals surface area contributed by atoms with E-state index in [0.717, 1.165) is 0 Å². The minimum absolute atomic E-state index is 0.0121. The second kappa shape index (κ2) is 6.26. The molecule has 0 aliphatic heterocycles. The normalized spacial score (nSPS) is 17.0. The Morgan fingerprint density at radius 2 is 2.10 bits per heavy atom. The lowest BCUT2D eigenvalue weighted by molar-refractivity contribution is -0.385. The Hall–Kier alpha value is -0.890. The van der Waals surface area contributed by atoms with E-state index in [2.05, 4.69) is 5.09 Å². The molecule has 1 aromatic rings. The molecule has 4 N–H and O–H groups in total. The standard InChI is InChI=1S/C8H13N3O6P2S/c1-6-3-4-8(7(5-6)11(12)13)17-19(16,10-2)20-18(9,14)15/h3-5H,1-2H3,(H,10,16)(H3,9,14,15). The van der Waals surface area contributed by atoms with Gasteiger partial charge in [0.1, 0.15) is 0 Å². The number of hydrogen-bond donors (Lipinski definition) is 3. The molecule has 0 aliphatic rings. The molecule has 0 saturated carbocycles.